The number of carbonyl (C=O) groups excluding carboxylic acids is 1. The molecule has 1 rings (SSSR count). The number of furan rings is 1. The van der Waals surface area contributed by atoms with E-state index in [1.165, 1.54) is 6.08 Å². The van der Waals surface area contributed by atoms with E-state index in [4.69, 9.17) is 21.4 Å². The maximum atomic E-state index is 10.9. The van der Waals surface area contributed by atoms with Gasteiger partial charge in [-0.2, -0.15) is 0 Å². The van der Waals surface area contributed by atoms with Gasteiger partial charge in [-0.15, -0.1) is 0 Å². The van der Waals surface area contributed by atoms with Gasteiger partial charge in [-0.1, -0.05) is 26.1 Å². The summed E-state index contributed by atoms with van der Waals surface area (Å²) < 4.78 is 10.6. The molecule has 0 aliphatic carbocycles. The Morgan fingerprint density at radius 1 is 1.58 bits per heavy atom. The Bertz CT molecular complexity index is 448. The van der Waals surface area contributed by atoms with Crippen LogP contribution in [0.4, 0.5) is 0 Å². The molecule has 4 heteroatoms. The molecule has 0 N–H and O–H groups in total. The quantitative estimate of drug-likeness (QED) is 0.413. The monoisotopic (exact) mass is 280 g/mol. The van der Waals surface area contributed by atoms with Gasteiger partial charge >= 0.3 is 0 Å². The second-order valence-corrected chi connectivity index (χ2v) is 5.04. The standard InChI is InChI=1S/C15H20O3S/c1-4-14(19)15(2,8-11-17-3)12(7-9-16)13-6-5-10-18-13/h5-7,9-10H,4,8,11H2,1-3H3/b12-7-. The van der Waals surface area contributed by atoms with E-state index in [9.17, 15) is 4.79 Å². The molecular weight excluding hydrogens is 260 g/mol. The smallest absolute Gasteiger partial charge is 0.143 e. The Kier molecular flexibility index (Phi) is 6.12. The van der Waals surface area contributed by atoms with Gasteiger partial charge in [0.2, 0.25) is 0 Å². The zero-order chi connectivity index (χ0) is 14.3. The fourth-order valence-corrected chi connectivity index (χ4v) is 2.37. The van der Waals surface area contributed by atoms with Crippen molar-refractivity contribution in [1.82, 2.24) is 0 Å². The highest BCUT2D eigenvalue weighted by Crippen LogP contribution is 2.40. The number of ether oxygens (including phenoxy) is 1. The van der Waals surface area contributed by atoms with Crippen LogP contribution in [0.1, 0.15) is 32.4 Å². The minimum absolute atomic E-state index is 0.404. The summed E-state index contributed by atoms with van der Waals surface area (Å²) in [6.07, 6.45) is 5.40. The summed E-state index contributed by atoms with van der Waals surface area (Å²) in [5.41, 5.74) is 0.412. The highest BCUT2D eigenvalue weighted by atomic mass is 32.1. The Hall–Kier alpha value is -1.26. The molecule has 1 aromatic heterocycles. The van der Waals surface area contributed by atoms with Crippen LogP contribution in [0.25, 0.3) is 5.57 Å². The predicted molar refractivity (Wildman–Crippen MR) is 80.2 cm³/mol. The van der Waals surface area contributed by atoms with Gasteiger partial charge in [0.25, 0.3) is 0 Å². The fourth-order valence-electron chi connectivity index (χ4n) is 2.16. The molecule has 0 bridgehead atoms. The van der Waals surface area contributed by atoms with E-state index in [0.29, 0.717) is 12.4 Å². The SMILES string of the molecule is CCC(=S)C(C)(CCOC)/C(=C\C=O)c1ccco1. The van der Waals surface area contributed by atoms with E-state index >= 15 is 0 Å². The number of thiocarbonyl (C=S) groups is 1. The number of hydrogen-bond donors (Lipinski definition) is 0. The molecule has 19 heavy (non-hydrogen) atoms. The van der Waals surface area contributed by atoms with Crippen molar-refractivity contribution >= 4 is 28.9 Å². The molecule has 0 radical (unpaired) electrons. The van der Waals surface area contributed by atoms with Crippen molar-refractivity contribution in [3.8, 4) is 0 Å². The van der Waals surface area contributed by atoms with Gasteiger partial charge in [-0.25, -0.2) is 0 Å². The average molecular weight is 280 g/mol. The summed E-state index contributed by atoms with van der Waals surface area (Å²) in [5.74, 6) is 0.682. The van der Waals surface area contributed by atoms with E-state index in [-0.39, 0.29) is 0 Å². The second-order valence-electron chi connectivity index (χ2n) is 4.55. The first-order valence-electron chi connectivity index (χ1n) is 6.32. The van der Waals surface area contributed by atoms with Gasteiger partial charge < -0.3 is 9.15 Å². The van der Waals surface area contributed by atoms with Crippen LogP contribution in [0.3, 0.4) is 0 Å². The molecule has 104 valence electrons. The first-order chi connectivity index (χ1) is 9.10. The molecule has 0 aromatic carbocycles. The molecule has 3 nitrogen and oxygen atoms in total. The number of hydrogen-bond acceptors (Lipinski definition) is 4. The maximum absolute atomic E-state index is 10.9. The first kappa shape index (κ1) is 15.8. The summed E-state index contributed by atoms with van der Waals surface area (Å²) in [6, 6.07) is 3.65. The number of methoxy groups -OCH3 is 1. The molecule has 0 saturated heterocycles. The minimum Gasteiger partial charge on any atom is -0.465 e. The number of allylic oxidation sites excluding steroid dienone is 2. The third-order valence-electron chi connectivity index (χ3n) is 3.36. The molecule has 1 aromatic rings. The van der Waals surface area contributed by atoms with Crippen molar-refractivity contribution < 1.29 is 13.9 Å². The zero-order valence-corrected chi connectivity index (χ0v) is 12.5. The summed E-state index contributed by atoms with van der Waals surface area (Å²) in [4.78, 5) is 11.8. The Morgan fingerprint density at radius 3 is 2.79 bits per heavy atom. The van der Waals surface area contributed by atoms with Crippen LogP contribution in [-0.4, -0.2) is 24.9 Å². The van der Waals surface area contributed by atoms with Crippen molar-refractivity contribution in [3.63, 3.8) is 0 Å². The van der Waals surface area contributed by atoms with E-state index in [1.807, 2.05) is 19.9 Å². The molecule has 0 amide bonds. The zero-order valence-electron chi connectivity index (χ0n) is 11.6. The topological polar surface area (TPSA) is 39.4 Å². The summed E-state index contributed by atoms with van der Waals surface area (Å²) in [6.45, 7) is 4.64. The lowest BCUT2D eigenvalue weighted by atomic mass is 9.74. The van der Waals surface area contributed by atoms with Crippen molar-refractivity contribution in [2.24, 2.45) is 5.41 Å². The molecule has 1 atom stereocenters. The highest BCUT2D eigenvalue weighted by Gasteiger charge is 2.34. The van der Waals surface area contributed by atoms with Gasteiger partial charge in [-0.3, -0.25) is 4.79 Å². The first-order valence-corrected chi connectivity index (χ1v) is 6.73. The Balaban J connectivity index is 3.22. The predicted octanol–water partition coefficient (Wildman–Crippen LogP) is 3.68. The largest absolute Gasteiger partial charge is 0.465 e. The van der Waals surface area contributed by atoms with E-state index < -0.39 is 5.41 Å². The third-order valence-corrected chi connectivity index (χ3v) is 4.10. The van der Waals surface area contributed by atoms with Crippen molar-refractivity contribution in [1.29, 1.82) is 0 Å². The van der Waals surface area contributed by atoms with Crippen LogP contribution in [0.5, 0.6) is 0 Å². The maximum Gasteiger partial charge on any atom is 0.143 e. The summed E-state index contributed by atoms with van der Waals surface area (Å²) in [5, 5.41) is 0. The average Bonchev–Trinajstić information content (AvgIpc) is 2.94. The van der Waals surface area contributed by atoms with E-state index in [0.717, 1.165) is 29.6 Å². The highest BCUT2D eigenvalue weighted by molar-refractivity contribution is 7.80. The molecule has 0 spiro atoms. The van der Waals surface area contributed by atoms with Gasteiger partial charge in [0.15, 0.2) is 0 Å². The van der Waals surface area contributed by atoms with Gasteiger partial charge in [0.1, 0.15) is 12.0 Å². The van der Waals surface area contributed by atoms with Crippen molar-refractivity contribution in [3.05, 3.63) is 30.2 Å². The Morgan fingerprint density at radius 2 is 2.32 bits per heavy atom. The van der Waals surface area contributed by atoms with Crippen LogP contribution in [0, 0.1) is 5.41 Å². The summed E-state index contributed by atoms with van der Waals surface area (Å²) >= 11 is 5.51. The summed E-state index contributed by atoms with van der Waals surface area (Å²) in [7, 11) is 1.66. The van der Waals surface area contributed by atoms with Crippen LogP contribution in [0.15, 0.2) is 28.9 Å². The number of aldehydes is 1. The number of carbonyl (C=O) groups is 1. The lowest BCUT2D eigenvalue weighted by Gasteiger charge is -2.32. The minimum atomic E-state index is -0.404. The molecule has 0 aliphatic rings. The van der Waals surface area contributed by atoms with Crippen molar-refractivity contribution in [2.45, 2.75) is 26.7 Å². The Labute approximate surface area is 119 Å². The lowest BCUT2D eigenvalue weighted by Crippen LogP contribution is -2.29. The fraction of sp³-hybridized carbons (Fsp3) is 0.467. The molecule has 1 heterocycles. The van der Waals surface area contributed by atoms with Crippen LogP contribution in [0.2, 0.25) is 0 Å². The van der Waals surface area contributed by atoms with E-state index in [1.54, 1.807) is 19.4 Å². The molecule has 1 unspecified atom stereocenters. The van der Waals surface area contributed by atoms with Gasteiger partial charge in [0.05, 0.1) is 6.26 Å². The van der Waals surface area contributed by atoms with Crippen molar-refractivity contribution in [2.75, 3.05) is 13.7 Å². The van der Waals surface area contributed by atoms with Crippen LogP contribution >= 0.6 is 12.2 Å². The molecule has 0 saturated carbocycles. The molecule has 0 fully saturated rings. The lowest BCUT2D eigenvalue weighted by molar-refractivity contribution is -0.104. The van der Waals surface area contributed by atoms with Crippen LogP contribution < -0.4 is 0 Å². The second kappa shape index (κ2) is 7.36. The number of rotatable bonds is 8. The molecular formula is C15H20O3S. The third kappa shape index (κ3) is 3.61. The van der Waals surface area contributed by atoms with Gasteiger partial charge in [0, 0.05) is 29.6 Å². The van der Waals surface area contributed by atoms with Crippen LogP contribution in [-0.2, 0) is 9.53 Å². The normalized spacial score (nSPS) is 15.0. The van der Waals surface area contributed by atoms with Gasteiger partial charge in [-0.05, 0) is 31.1 Å². The van der Waals surface area contributed by atoms with E-state index in [2.05, 4.69) is 0 Å². The molecule has 0 aliphatic heterocycles.